The number of halogens is 1. The van der Waals surface area contributed by atoms with E-state index in [2.05, 4.69) is 10.4 Å². The molecule has 1 saturated heterocycles. The Morgan fingerprint density at radius 2 is 1.92 bits per heavy atom. The minimum absolute atomic E-state index is 0.191. The van der Waals surface area contributed by atoms with E-state index in [-0.39, 0.29) is 6.04 Å². The number of aromatic nitrogens is 2. The maximum Gasteiger partial charge on any atom is 0.255 e. The second-order valence-corrected chi connectivity index (χ2v) is 9.66. The van der Waals surface area contributed by atoms with Crippen molar-refractivity contribution in [2.24, 2.45) is 0 Å². The number of benzene rings is 2. The number of carbonyl (C=O) groups is 2. The molecule has 4 rings (SSSR count). The van der Waals surface area contributed by atoms with E-state index < -0.39 is 30.1 Å². The first kappa shape index (κ1) is 25.9. The summed E-state index contributed by atoms with van der Waals surface area (Å²) in [5.74, 6) is -1.49. The molecule has 36 heavy (non-hydrogen) atoms. The Bertz CT molecular complexity index is 1230. The van der Waals surface area contributed by atoms with Gasteiger partial charge in [-0.15, -0.1) is 0 Å². The minimum atomic E-state index is -1.90. The summed E-state index contributed by atoms with van der Waals surface area (Å²) in [5.41, 5.74) is 3.54. The molecule has 0 aliphatic carbocycles. The zero-order valence-corrected chi connectivity index (χ0v) is 21.1. The second-order valence-electron chi connectivity index (χ2n) is 9.25. The maximum atomic E-state index is 13.0. The molecule has 0 saturated carbocycles. The van der Waals surface area contributed by atoms with Crippen LogP contribution in [0.25, 0.3) is 0 Å². The summed E-state index contributed by atoms with van der Waals surface area (Å²) in [6, 6.07) is 16.4. The monoisotopic (exact) mass is 510 g/mol. The Labute approximate surface area is 215 Å². The third-order valence-electron chi connectivity index (χ3n) is 6.54. The average molecular weight is 511 g/mol. The van der Waals surface area contributed by atoms with Gasteiger partial charge >= 0.3 is 0 Å². The summed E-state index contributed by atoms with van der Waals surface area (Å²) < 4.78 is 1.70. The lowest BCUT2D eigenvalue weighted by atomic mass is 10.0. The van der Waals surface area contributed by atoms with Gasteiger partial charge in [0.2, 0.25) is 0 Å². The van der Waals surface area contributed by atoms with Crippen LogP contribution < -0.4 is 5.32 Å². The second kappa shape index (κ2) is 11.2. The molecule has 0 unspecified atom stereocenters. The van der Waals surface area contributed by atoms with Crippen LogP contribution in [0.15, 0.2) is 60.8 Å². The molecule has 9 heteroatoms. The van der Waals surface area contributed by atoms with E-state index >= 15 is 0 Å². The summed E-state index contributed by atoms with van der Waals surface area (Å²) in [4.78, 5) is 27.3. The first-order valence-electron chi connectivity index (χ1n) is 12.0. The van der Waals surface area contributed by atoms with Gasteiger partial charge in [-0.05, 0) is 49.9 Å². The molecule has 1 fully saturated rings. The number of rotatable bonds is 8. The van der Waals surface area contributed by atoms with E-state index in [1.807, 2.05) is 55.5 Å². The zero-order valence-electron chi connectivity index (χ0n) is 20.3. The fourth-order valence-corrected chi connectivity index (χ4v) is 4.77. The van der Waals surface area contributed by atoms with Crippen molar-refractivity contribution in [1.82, 2.24) is 20.0 Å². The lowest BCUT2D eigenvalue weighted by Gasteiger charge is -2.29. The predicted molar refractivity (Wildman–Crippen MR) is 136 cm³/mol. The molecule has 3 N–H and O–H groups in total. The van der Waals surface area contributed by atoms with Gasteiger partial charge in [0.25, 0.3) is 11.8 Å². The highest BCUT2D eigenvalue weighted by Crippen LogP contribution is 2.33. The first-order chi connectivity index (χ1) is 17.2. The molecule has 0 spiro atoms. The number of likely N-dealkylation sites (tertiary alicyclic amines) is 1. The van der Waals surface area contributed by atoms with Gasteiger partial charge in [0.1, 0.15) is 0 Å². The molecule has 0 bridgehead atoms. The summed E-state index contributed by atoms with van der Waals surface area (Å²) in [7, 11) is 0. The van der Waals surface area contributed by atoms with Crippen LogP contribution in [0.3, 0.4) is 0 Å². The van der Waals surface area contributed by atoms with E-state index in [9.17, 15) is 19.8 Å². The maximum absolute atomic E-state index is 13.0. The molecule has 2 heterocycles. The van der Waals surface area contributed by atoms with Crippen LogP contribution in [0.5, 0.6) is 0 Å². The van der Waals surface area contributed by atoms with Crippen LogP contribution in [0, 0.1) is 6.92 Å². The van der Waals surface area contributed by atoms with Crippen molar-refractivity contribution < 1.29 is 19.8 Å². The normalized spacial score (nSPS) is 18.0. The number of aliphatic hydroxyl groups is 2. The average Bonchev–Trinajstić information content (AvgIpc) is 3.54. The van der Waals surface area contributed by atoms with Gasteiger partial charge in [-0.2, -0.15) is 5.10 Å². The molecule has 0 radical (unpaired) electrons. The number of carbonyl (C=O) groups excluding carboxylic acids is 2. The Morgan fingerprint density at radius 1 is 1.14 bits per heavy atom. The van der Waals surface area contributed by atoms with Crippen molar-refractivity contribution in [3.63, 3.8) is 0 Å². The first-order valence-corrected chi connectivity index (χ1v) is 12.4. The molecular weight excluding hydrogens is 480 g/mol. The Hall–Kier alpha value is -3.20. The third kappa shape index (κ3) is 5.78. The fraction of sp³-hybridized carbons (Fsp3) is 0.370. The predicted octanol–water partition coefficient (Wildman–Crippen LogP) is 3.16. The topological polar surface area (TPSA) is 108 Å². The van der Waals surface area contributed by atoms with Crippen LogP contribution >= 0.6 is 11.6 Å². The van der Waals surface area contributed by atoms with E-state index in [0.717, 1.165) is 29.5 Å². The summed E-state index contributed by atoms with van der Waals surface area (Å²) in [6.45, 7) is 4.63. The molecule has 2 aromatic carbocycles. The van der Waals surface area contributed by atoms with Crippen LogP contribution in [-0.2, 0) is 16.1 Å². The highest BCUT2D eigenvalue weighted by atomic mass is 35.5. The highest BCUT2D eigenvalue weighted by molar-refractivity contribution is 6.31. The third-order valence-corrected chi connectivity index (χ3v) is 6.91. The molecular formula is C27H31ClN4O4. The molecule has 190 valence electrons. The molecule has 4 atom stereocenters. The SMILES string of the molecule is Cc1cccc([C@H]2CCCN2C(=O)[C@H](O)[C@@H](O)C(=O)N[C@H](C)c2ccn(Cc3ccccc3Cl)n2)c1. The van der Waals surface area contributed by atoms with Gasteiger partial charge < -0.3 is 20.4 Å². The number of aliphatic hydroxyl groups excluding tert-OH is 2. The Kier molecular flexibility index (Phi) is 8.08. The van der Waals surface area contributed by atoms with Crippen LogP contribution in [0.4, 0.5) is 0 Å². The zero-order chi connectivity index (χ0) is 25.8. The fourth-order valence-electron chi connectivity index (χ4n) is 4.57. The number of hydrogen-bond acceptors (Lipinski definition) is 5. The van der Waals surface area contributed by atoms with Crippen molar-refractivity contribution in [3.05, 3.63) is 88.2 Å². The number of nitrogens with one attached hydrogen (secondary N) is 1. The molecule has 1 aromatic heterocycles. The smallest absolute Gasteiger partial charge is 0.255 e. The van der Waals surface area contributed by atoms with E-state index in [0.29, 0.717) is 23.8 Å². The van der Waals surface area contributed by atoms with E-state index in [4.69, 9.17) is 11.6 Å². The van der Waals surface area contributed by atoms with Crippen molar-refractivity contribution in [2.75, 3.05) is 6.54 Å². The van der Waals surface area contributed by atoms with Gasteiger partial charge in [-0.25, -0.2) is 0 Å². The number of nitrogens with zero attached hydrogens (tertiary/aromatic N) is 3. The molecule has 1 aliphatic rings. The van der Waals surface area contributed by atoms with Gasteiger partial charge in [-0.3, -0.25) is 14.3 Å². The van der Waals surface area contributed by atoms with Crippen molar-refractivity contribution >= 4 is 23.4 Å². The highest BCUT2D eigenvalue weighted by Gasteiger charge is 2.38. The van der Waals surface area contributed by atoms with Gasteiger partial charge in [0.05, 0.1) is 24.3 Å². The van der Waals surface area contributed by atoms with Gasteiger partial charge in [0.15, 0.2) is 12.2 Å². The van der Waals surface area contributed by atoms with Gasteiger partial charge in [0, 0.05) is 17.8 Å². The molecule has 2 amide bonds. The summed E-state index contributed by atoms with van der Waals surface area (Å²) in [6.07, 6.45) is -0.440. The molecule has 8 nitrogen and oxygen atoms in total. The largest absolute Gasteiger partial charge is 0.380 e. The molecule has 3 aromatic rings. The van der Waals surface area contributed by atoms with Crippen LogP contribution in [-0.4, -0.2) is 55.5 Å². The van der Waals surface area contributed by atoms with Crippen molar-refractivity contribution in [1.29, 1.82) is 0 Å². The van der Waals surface area contributed by atoms with E-state index in [1.165, 1.54) is 0 Å². The summed E-state index contributed by atoms with van der Waals surface area (Å²) >= 11 is 6.22. The standard InChI is InChI=1S/C27H31ClN4O4/c1-17-7-5-9-19(15-17)23-11-6-13-32(23)27(36)25(34)24(33)26(35)29-18(2)22-12-14-31(30-22)16-20-8-3-4-10-21(20)28/h3-5,7-10,12,14-15,18,23-25,33-34H,6,11,13,16H2,1-2H3,(H,29,35)/t18-,23-,24-,25-/m1/s1. The van der Waals surface area contributed by atoms with Crippen LogP contribution in [0.2, 0.25) is 5.02 Å². The lowest BCUT2D eigenvalue weighted by molar-refractivity contribution is -0.154. The van der Waals surface area contributed by atoms with Crippen LogP contribution in [0.1, 0.15) is 54.2 Å². The number of amides is 2. The quantitative estimate of drug-likeness (QED) is 0.431. The lowest BCUT2D eigenvalue weighted by Crippen LogP contribution is -2.51. The summed E-state index contributed by atoms with van der Waals surface area (Å²) in [5, 5.41) is 28.8. The number of aryl methyl sites for hydroxylation is 1. The van der Waals surface area contributed by atoms with E-state index in [1.54, 1.807) is 28.8 Å². The van der Waals surface area contributed by atoms with Crippen molar-refractivity contribution in [2.45, 2.75) is 57.5 Å². The molecule has 1 aliphatic heterocycles. The Balaban J connectivity index is 1.36. The minimum Gasteiger partial charge on any atom is -0.380 e. The van der Waals surface area contributed by atoms with Gasteiger partial charge in [-0.1, -0.05) is 59.6 Å². The Morgan fingerprint density at radius 3 is 2.67 bits per heavy atom. The number of hydrogen-bond donors (Lipinski definition) is 3. The van der Waals surface area contributed by atoms with Crippen molar-refractivity contribution in [3.8, 4) is 0 Å².